The van der Waals surface area contributed by atoms with Gasteiger partial charge in [0.05, 0.1) is 12.8 Å². The molecule has 2 aliphatic heterocycles. The molecule has 3 aromatic rings. The van der Waals surface area contributed by atoms with E-state index in [0.717, 1.165) is 94.9 Å². The highest BCUT2D eigenvalue weighted by atomic mass is 19.1. The monoisotopic (exact) mass is 491 g/mol. The molecule has 0 radical (unpaired) electrons. The molecule has 0 bridgehead atoms. The summed E-state index contributed by atoms with van der Waals surface area (Å²) in [5.74, 6) is 0.766. The Balaban J connectivity index is 0.966. The molecule has 36 heavy (non-hydrogen) atoms. The largest absolute Gasteiger partial charge is 0.495 e. The van der Waals surface area contributed by atoms with Gasteiger partial charge in [0, 0.05) is 75.0 Å². The Morgan fingerprint density at radius 3 is 2.64 bits per heavy atom. The molecule has 1 fully saturated rings. The number of fused-ring (bicyclic) bond motifs is 1. The van der Waals surface area contributed by atoms with Gasteiger partial charge in [-0.3, -0.25) is 9.80 Å². The molecular weight excluding hydrogens is 453 g/mol. The summed E-state index contributed by atoms with van der Waals surface area (Å²) in [6.07, 6.45) is 6.57. The number of hydrogen-bond donors (Lipinski definition) is 2. The maximum Gasteiger partial charge on any atom is 0.142 e. The number of nitrogens with one attached hydrogen (secondary N) is 2. The predicted molar refractivity (Wildman–Crippen MR) is 146 cm³/mol. The van der Waals surface area contributed by atoms with Gasteiger partial charge in [-0.25, -0.2) is 4.39 Å². The number of aromatic nitrogens is 1. The third kappa shape index (κ3) is 5.91. The van der Waals surface area contributed by atoms with Crippen molar-refractivity contribution >= 4 is 22.2 Å². The normalized spacial score (nSPS) is 17.5. The first-order valence-corrected chi connectivity index (χ1v) is 13.2. The lowest BCUT2D eigenvalue weighted by Crippen LogP contribution is -2.48. The van der Waals surface area contributed by atoms with Crippen LogP contribution in [0.4, 0.5) is 10.1 Å². The van der Waals surface area contributed by atoms with Crippen molar-refractivity contribution in [2.24, 2.45) is 0 Å². The van der Waals surface area contributed by atoms with Gasteiger partial charge >= 0.3 is 0 Å². The number of anilines is 1. The van der Waals surface area contributed by atoms with Crippen LogP contribution in [0.1, 0.15) is 18.4 Å². The van der Waals surface area contributed by atoms with E-state index in [9.17, 15) is 4.39 Å². The number of halogens is 1. The minimum atomic E-state index is -0.194. The molecule has 5 rings (SSSR count). The number of piperazine rings is 1. The van der Waals surface area contributed by atoms with Crippen molar-refractivity contribution in [2.45, 2.75) is 12.8 Å². The van der Waals surface area contributed by atoms with Gasteiger partial charge < -0.3 is 19.9 Å². The molecule has 0 saturated carbocycles. The highest BCUT2D eigenvalue weighted by Gasteiger charge is 2.19. The van der Waals surface area contributed by atoms with Gasteiger partial charge in [0.15, 0.2) is 0 Å². The maximum absolute atomic E-state index is 13.5. The Kier molecular flexibility index (Phi) is 8.21. The van der Waals surface area contributed by atoms with Crippen molar-refractivity contribution < 1.29 is 9.13 Å². The van der Waals surface area contributed by atoms with Crippen LogP contribution in [0.15, 0.2) is 54.7 Å². The van der Waals surface area contributed by atoms with E-state index in [2.05, 4.69) is 43.2 Å². The summed E-state index contributed by atoms with van der Waals surface area (Å²) in [5.41, 5.74) is 4.66. The molecule has 6 nitrogen and oxygen atoms in total. The minimum Gasteiger partial charge on any atom is -0.495 e. The van der Waals surface area contributed by atoms with E-state index in [1.807, 2.05) is 24.4 Å². The van der Waals surface area contributed by atoms with Crippen molar-refractivity contribution in [1.82, 2.24) is 20.1 Å². The quantitative estimate of drug-likeness (QED) is 0.416. The zero-order valence-electron chi connectivity index (χ0n) is 21.3. The van der Waals surface area contributed by atoms with Crippen LogP contribution in [-0.2, 0) is 0 Å². The summed E-state index contributed by atoms with van der Waals surface area (Å²) in [6, 6.07) is 13.3. The molecule has 2 aromatic carbocycles. The molecule has 7 heteroatoms. The van der Waals surface area contributed by atoms with Crippen molar-refractivity contribution in [2.75, 3.05) is 77.5 Å². The number of H-pyrrole nitrogens is 1. The summed E-state index contributed by atoms with van der Waals surface area (Å²) < 4.78 is 19.0. The van der Waals surface area contributed by atoms with Crippen LogP contribution in [0.3, 0.4) is 0 Å². The molecule has 0 aliphatic carbocycles. The number of benzene rings is 2. The van der Waals surface area contributed by atoms with E-state index in [1.165, 1.54) is 16.8 Å². The summed E-state index contributed by atoms with van der Waals surface area (Å²) >= 11 is 0. The van der Waals surface area contributed by atoms with Crippen LogP contribution in [0.5, 0.6) is 5.75 Å². The number of nitrogens with zero attached hydrogens (tertiary/aromatic N) is 3. The van der Waals surface area contributed by atoms with E-state index < -0.39 is 0 Å². The van der Waals surface area contributed by atoms with Gasteiger partial charge in [0.1, 0.15) is 11.6 Å². The van der Waals surface area contributed by atoms with Crippen LogP contribution in [0.2, 0.25) is 0 Å². The Hall–Kier alpha value is -2.87. The van der Waals surface area contributed by atoms with Crippen LogP contribution in [0, 0.1) is 5.82 Å². The highest BCUT2D eigenvalue weighted by Crippen LogP contribution is 2.30. The standard InChI is InChI=1S/C29H38FN5O/c1-36-29-6-3-2-5-28(29)35-19-17-34(18-20-35)16-12-31-11-4-13-33-14-9-23(10-15-33)26-22-32-27-21-24(30)7-8-25(26)27/h2-3,5-9,21-22,31-32H,4,10-20H2,1H3. The Bertz CT molecular complexity index is 1170. The lowest BCUT2D eigenvalue weighted by atomic mass is 9.99. The van der Waals surface area contributed by atoms with Crippen LogP contribution < -0.4 is 15.0 Å². The van der Waals surface area contributed by atoms with Gasteiger partial charge in [-0.1, -0.05) is 18.2 Å². The first-order valence-electron chi connectivity index (χ1n) is 13.2. The zero-order valence-corrected chi connectivity index (χ0v) is 21.3. The maximum atomic E-state index is 13.5. The SMILES string of the molecule is COc1ccccc1N1CCN(CCNCCCN2CC=C(c3c[nH]c4cc(F)ccc34)CC2)CC1. The number of ether oxygens (including phenoxy) is 1. The fourth-order valence-electron chi connectivity index (χ4n) is 5.42. The molecule has 2 aliphatic rings. The third-order valence-electron chi connectivity index (χ3n) is 7.51. The fourth-order valence-corrected chi connectivity index (χ4v) is 5.42. The van der Waals surface area contributed by atoms with E-state index in [0.29, 0.717) is 0 Å². The van der Waals surface area contributed by atoms with Crippen LogP contribution in [-0.4, -0.2) is 87.3 Å². The summed E-state index contributed by atoms with van der Waals surface area (Å²) in [5, 5.41) is 4.75. The van der Waals surface area contributed by atoms with E-state index in [-0.39, 0.29) is 5.82 Å². The van der Waals surface area contributed by atoms with E-state index in [4.69, 9.17) is 4.74 Å². The minimum absolute atomic E-state index is 0.194. The molecule has 1 aromatic heterocycles. The smallest absolute Gasteiger partial charge is 0.142 e. The van der Waals surface area contributed by atoms with E-state index >= 15 is 0 Å². The van der Waals surface area contributed by atoms with Crippen molar-refractivity contribution in [3.05, 3.63) is 66.1 Å². The lowest BCUT2D eigenvalue weighted by molar-refractivity contribution is 0.254. The number of rotatable bonds is 10. The Morgan fingerprint density at radius 2 is 1.83 bits per heavy atom. The van der Waals surface area contributed by atoms with Crippen molar-refractivity contribution in [3.63, 3.8) is 0 Å². The summed E-state index contributed by atoms with van der Waals surface area (Å²) in [6.45, 7) is 10.6. The van der Waals surface area contributed by atoms with Gasteiger partial charge in [-0.2, -0.15) is 0 Å². The number of hydrogen-bond acceptors (Lipinski definition) is 5. The molecule has 0 spiro atoms. The van der Waals surface area contributed by atoms with Crippen LogP contribution >= 0.6 is 0 Å². The highest BCUT2D eigenvalue weighted by molar-refractivity contribution is 5.92. The topological polar surface area (TPSA) is 46.8 Å². The third-order valence-corrected chi connectivity index (χ3v) is 7.51. The number of aromatic amines is 1. The lowest BCUT2D eigenvalue weighted by Gasteiger charge is -2.36. The van der Waals surface area contributed by atoms with Gasteiger partial charge in [-0.05, 0) is 61.8 Å². The second-order valence-electron chi connectivity index (χ2n) is 9.78. The fraction of sp³-hybridized carbons (Fsp3) is 0.448. The molecule has 0 atom stereocenters. The van der Waals surface area contributed by atoms with Crippen molar-refractivity contribution in [3.8, 4) is 5.75 Å². The van der Waals surface area contributed by atoms with E-state index in [1.54, 1.807) is 19.2 Å². The first-order chi connectivity index (χ1) is 17.7. The molecule has 0 amide bonds. The van der Waals surface area contributed by atoms with Gasteiger partial charge in [-0.15, -0.1) is 0 Å². The predicted octanol–water partition coefficient (Wildman–Crippen LogP) is 4.21. The average Bonchev–Trinajstić information content (AvgIpc) is 3.34. The van der Waals surface area contributed by atoms with Gasteiger partial charge in [0.25, 0.3) is 0 Å². The number of para-hydroxylation sites is 2. The summed E-state index contributed by atoms with van der Waals surface area (Å²) in [7, 11) is 1.75. The zero-order chi connectivity index (χ0) is 24.7. The molecule has 2 N–H and O–H groups in total. The summed E-state index contributed by atoms with van der Waals surface area (Å²) in [4.78, 5) is 10.7. The molecule has 0 unspecified atom stereocenters. The molecule has 1 saturated heterocycles. The first kappa shape index (κ1) is 24.8. The molecular formula is C29H38FN5O. The molecule has 3 heterocycles. The van der Waals surface area contributed by atoms with Crippen LogP contribution in [0.25, 0.3) is 16.5 Å². The van der Waals surface area contributed by atoms with Gasteiger partial charge in [0.2, 0.25) is 0 Å². The Morgan fingerprint density at radius 1 is 0.972 bits per heavy atom. The molecule has 192 valence electrons. The Labute approximate surface area is 213 Å². The number of methoxy groups -OCH3 is 1. The van der Waals surface area contributed by atoms with Crippen molar-refractivity contribution in [1.29, 1.82) is 0 Å². The average molecular weight is 492 g/mol. The second kappa shape index (κ2) is 11.9. The second-order valence-corrected chi connectivity index (χ2v) is 9.78.